The summed E-state index contributed by atoms with van der Waals surface area (Å²) < 4.78 is 19.8. The molecule has 3 aromatic heterocycles. The highest BCUT2D eigenvalue weighted by molar-refractivity contribution is 6.11. The molecule has 0 aliphatic heterocycles. The van der Waals surface area contributed by atoms with Crippen LogP contribution < -0.4 is 5.32 Å². The molecule has 0 atom stereocenters. The Hall–Kier alpha value is -9.58. The molecular formula is C76H72N2O3. The lowest BCUT2D eigenvalue weighted by Gasteiger charge is -2.09. The van der Waals surface area contributed by atoms with Crippen LogP contribution in [0.15, 0.2) is 281 Å². The van der Waals surface area contributed by atoms with Crippen LogP contribution in [0.3, 0.4) is 0 Å². The van der Waals surface area contributed by atoms with Crippen LogP contribution in [0.2, 0.25) is 0 Å². The number of hydrogen-bond acceptors (Lipinski definition) is 4. The summed E-state index contributed by atoms with van der Waals surface area (Å²) in [5.41, 5.74) is 19.0. The van der Waals surface area contributed by atoms with Crippen molar-refractivity contribution in [2.75, 3.05) is 13.7 Å². The highest BCUT2D eigenvalue weighted by atomic mass is 16.5. The van der Waals surface area contributed by atoms with E-state index in [1.165, 1.54) is 66.5 Å². The van der Waals surface area contributed by atoms with E-state index in [-0.39, 0.29) is 0 Å². The number of methoxy groups -OCH3 is 1. The van der Waals surface area contributed by atoms with Gasteiger partial charge in [-0.1, -0.05) is 197 Å². The average molecular weight is 1060 g/mol. The summed E-state index contributed by atoms with van der Waals surface area (Å²) in [5, 5.41) is 10.4. The molecule has 0 spiro atoms. The second-order valence-corrected chi connectivity index (χ2v) is 19.6. The van der Waals surface area contributed by atoms with Crippen molar-refractivity contribution in [3.05, 3.63) is 278 Å². The van der Waals surface area contributed by atoms with Gasteiger partial charge in [0.15, 0.2) is 0 Å². The fourth-order valence-corrected chi connectivity index (χ4v) is 10.2. The van der Waals surface area contributed by atoms with Gasteiger partial charge in [-0.25, -0.2) is 0 Å². The van der Waals surface area contributed by atoms with E-state index in [1.54, 1.807) is 7.11 Å². The van der Waals surface area contributed by atoms with Crippen LogP contribution in [0, 0.1) is 0 Å². The summed E-state index contributed by atoms with van der Waals surface area (Å²) in [5.74, 6) is 0.658. The molecule has 0 unspecified atom stereocenters. The third kappa shape index (κ3) is 12.8. The van der Waals surface area contributed by atoms with Gasteiger partial charge in [0, 0.05) is 50.2 Å². The largest absolute Gasteiger partial charge is 0.497 e. The monoisotopic (exact) mass is 1060 g/mol. The lowest BCUT2D eigenvalue weighted by atomic mass is 9.95. The molecule has 0 aliphatic rings. The van der Waals surface area contributed by atoms with Gasteiger partial charge in [-0.3, -0.25) is 0 Å². The molecule has 5 heteroatoms. The highest BCUT2D eigenvalue weighted by Gasteiger charge is 2.16. The quantitative estimate of drug-likeness (QED) is 0.0710. The highest BCUT2D eigenvalue weighted by Crippen LogP contribution is 2.39. The van der Waals surface area contributed by atoms with Crippen molar-refractivity contribution in [1.82, 2.24) is 9.88 Å². The zero-order valence-corrected chi connectivity index (χ0v) is 48.0. The maximum Gasteiger partial charge on any atom is 0.135 e. The van der Waals surface area contributed by atoms with Crippen LogP contribution in [0.1, 0.15) is 60.5 Å². The summed E-state index contributed by atoms with van der Waals surface area (Å²) in [4.78, 5) is 0. The van der Waals surface area contributed by atoms with E-state index < -0.39 is 0 Å². The first-order chi connectivity index (χ1) is 39.7. The molecule has 12 aromatic rings. The Kier molecular flexibility index (Phi) is 18.6. The van der Waals surface area contributed by atoms with Crippen molar-refractivity contribution in [3.63, 3.8) is 0 Å². The SMILES string of the molecule is C/C=C\C(NC/C=C\CC)=C(C)C.C=C(/C=C\C(=C/C)c1ccccc1)OC.CC.c1cc(-c2cccc(-c3ccc4oc5ccc(-n6c7ccccc7c7ccccc76)cc5c4c3)c2)cc(-c2ccc3oc4ccccc4c3c2)c1. The van der Waals surface area contributed by atoms with E-state index in [0.717, 1.165) is 73.7 Å². The first-order valence-corrected chi connectivity index (χ1v) is 28.1. The number of nitrogens with zero attached hydrogens (tertiary/aromatic N) is 1. The molecule has 9 aromatic carbocycles. The Balaban J connectivity index is 0.000000218. The van der Waals surface area contributed by atoms with Gasteiger partial charge in [0.05, 0.1) is 18.1 Å². The number of ether oxygens (including phenoxy) is 1. The van der Waals surface area contributed by atoms with Gasteiger partial charge in [-0.2, -0.15) is 0 Å². The molecule has 3 heterocycles. The molecule has 0 saturated heterocycles. The molecule has 1 N–H and O–H groups in total. The number of hydrogen-bond donors (Lipinski definition) is 1. The molecule has 0 bridgehead atoms. The van der Waals surface area contributed by atoms with Gasteiger partial charge in [-0.15, -0.1) is 0 Å². The topological polar surface area (TPSA) is 52.5 Å². The lowest BCUT2D eigenvalue weighted by Crippen LogP contribution is -2.12. The number of allylic oxidation sites excluding steroid dienone is 8. The van der Waals surface area contributed by atoms with Crippen LogP contribution >= 0.6 is 0 Å². The third-order valence-corrected chi connectivity index (χ3v) is 14.2. The third-order valence-electron chi connectivity index (χ3n) is 14.2. The maximum atomic E-state index is 6.37. The van der Waals surface area contributed by atoms with E-state index in [1.807, 2.05) is 70.2 Å². The standard InChI is InChI=1S/C48H29NO2.C14H16O.C12H21N.C2H6/c1-4-16-43-37(13-1)38-14-2-5-17-44(38)49(43)36-21-24-48-42(29-36)41-28-35(20-23-47(41)51-48)33-12-8-10-31(26-33)30-9-7-11-32(25-30)34-19-22-46-40(27-34)39-15-3-6-18-45(39)50-46;1-4-13(11-10-12(2)15-3)14-8-6-5-7-9-14;1-5-7-8-10-13-12(9-6-2)11(3)4;1-2/h1-29H;4-11H,2H2,1,3H3;6-9,13H,5,10H2,1-4H3;1-2H3/b;11-10-,13-4+;8-7-,9-6-;. The molecule has 81 heavy (non-hydrogen) atoms. The minimum Gasteiger partial charge on any atom is -0.497 e. The van der Waals surface area contributed by atoms with E-state index in [4.69, 9.17) is 13.6 Å². The molecule has 0 amide bonds. The second-order valence-electron chi connectivity index (χ2n) is 19.6. The van der Waals surface area contributed by atoms with Crippen LogP contribution in [0.5, 0.6) is 0 Å². The second kappa shape index (κ2) is 26.9. The fraction of sp³-hybridized carbons (Fsp3) is 0.132. The minimum atomic E-state index is 0.658. The average Bonchev–Trinajstić information content (AvgIpc) is 4.28. The van der Waals surface area contributed by atoms with Gasteiger partial charge in [0.1, 0.15) is 28.1 Å². The Morgan fingerprint density at radius 1 is 0.494 bits per heavy atom. The molecule has 0 radical (unpaired) electrons. The van der Waals surface area contributed by atoms with Crippen LogP contribution in [0.25, 0.3) is 110 Å². The zero-order valence-electron chi connectivity index (χ0n) is 48.0. The Labute approximate surface area is 477 Å². The van der Waals surface area contributed by atoms with E-state index >= 15 is 0 Å². The van der Waals surface area contributed by atoms with Crippen molar-refractivity contribution >= 4 is 71.3 Å². The number of aromatic nitrogens is 1. The molecular weight excluding hydrogens is 989 g/mol. The Morgan fingerprint density at radius 3 is 1.51 bits per heavy atom. The zero-order chi connectivity index (χ0) is 56.7. The van der Waals surface area contributed by atoms with Crippen molar-refractivity contribution < 1.29 is 13.6 Å². The maximum absolute atomic E-state index is 6.37. The number of nitrogens with one attached hydrogen (secondary N) is 1. The van der Waals surface area contributed by atoms with Crippen molar-refractivity contribution in [3.8, 4) is 39.1 Å². The van der Waals surface area contributed by atoms with E-state index in [0.29, 0.717) is 5.76 Å². The number of fused-ring (bicyclic) bond motifs is 9. The molecule has 0 saturated carbocycles. The Morgan fingerprint density at radius 2 is 0.975 bits per heavy atom. The molecule has 0 aliphatic carbocycles. The van der Waals surface area contributed by atoms with E-state index in [9.17, 15) is 0 Å². The predicted molar refractivity (Wildman–Crippen MR) is 349 cm³/mol. The van der Waals surface area contributed by atoms with Gasteiger partial charge < -0.3 is 23.5 Å². The molecule has 404 valence electrons. The first-order valence-electron chi connectivity index (χ1n) is 28.1. The molecule has 12 rings (SSSR count). The number of rotatable bonds is 13. The summed E-state index contributed by atoms with van der Waals surface area (Å²) in [6, 6.07) is 72.9. The summed E-state index contributed by atoms with van der Waals surface area (Å²) >= 11 is 0. The number of furan rings is 2. The van der Waals surface area contributed by atoms with Crippen LogP contribution in [-0.2, 0) is 4.74 Å². The Bertz CT molecular complexity index is 4230. The van der Waals surface area contributed by atoms with Crippen molar-refractivity contribution in [2.24, 2.45) is 0 Å². The molecule has 0 fully saturated rings. The number of benzene rings is 9. The summed E-state index contributed by atoms with van der Waals surface area (Å²) in [6.07, 6.45) is 15.5. The van der Waals surface area contributed by atoms with Gasteiger partial charge >= 0.3 is 0 Å². The molecule has 5 nitrogen and oxygen atoms in total. The van der Waals surface area contributed by atoms with Crippen LogP contribution in [0.4, 0.5) is 0 Å². The predicted octanol–water partition coefficient (Wildman–Crippen LogP) is 21.8. The first kappa shape index (κ1) is 56.2. The smallest absolute Gasteiger partial charge is 0.135 e. The minimum absolute atomic E-state index is 0.658. The summed E-state index contributed by atoms with van der Waals surface area (Å²) in [6.45, 7) is 19.1. The summed E-state index contributed by atoms with van der Waals surface area (Å²) in [7, 11) is 1.62. The number of para-hydroxylation sites is 3. The lowest BCUT2D eigenvalue weighted by molar-refractivity contribution is 0.309. The van der Waals surface area contributed by atoms with E-state index in [2.05, 4.69) is 244 Å². The van der Waals surface area contributed by atoms with Crippen molar-refractivity contribution in [2.45, 2.75) is 54.9 Å². The fourth-order valence-electron chi connectivity index (χ4n) is 10.2. The van der Waals surface area contributed by atoms with Gasteiger partial charge in [0.25, 0.3) is 0 Å². The van der Waals surface area contributed by atoms with Crippen molar-refractivity contribution in [1.29, 1.82) is 0 Å². The van der Waals surface area contributed by atoms with Gasteiger partial charge in [0.2, 0.25) is 0 Å². The normalized spacial score (nSPS) is 11.5. The van der Waals surface area contributed by atoms with Crippen LogP contribution in [-0.4, -0.2) is 18.2 Å². The van der Waals surface area contributed by atoms with Gasteiger partial charge in [-0.05, 0) is 164 Å².